The molecule has 0 saturated heterocycles. The van der Waals surface area contributed by atoms with Crippen molar-refractivity contribution >= 4 is 34.1 Å². The maximum atomic E-state index is 13.0. The lowest BCUT2D eigenvalue weighted by molar-refractivity contribution is -0.385. The van der Waals surface area contributed by atoms with Gasteiger partial charge in [0.1, 0.15) is 54.3 Å². The number of nitrogens with zero attached hydrogens (tertiary/aromatic N) is 7. The van der Waals surface area contributed by atoms with Crippen molar-refractivity contribution in [2.24, 2.45) is 0 Å². The molecular weight excluding hydrogens is 1110 g/mol. The van der Waals surface area contributed by atoms with Gasteiger partial charge in [-0.25, -0.2) is 0 Å². The Kier molecular flexibility index (Phi) is 18.9. The van der Waals surface area contributed by atoms with Gasteiger partial charge in [-0.2, -0.15) is 0 Å². The molecule has 0 fully saturated rings. The Morgan fingerprint density at radius 2 is 0.518 bits per heavy atom. The number of fused-ring (bicyclic) bond motifs is 21. The average molecular weight is 1170 g/mol. The van der Waals surface area contributed by atoms with Gasteiger partial charge in [0.2, 0.25) is 0 Å². The number of non-ortho nitro benzene ring substituents is 6. The van der Waals surface area contributed by atoms with Gasteiger partial charge in [-0.15, -0.1) is 0 Å². The van der Waals surface area contributed by atoms with Gasteiger partial charge < -0.3 is 44.4 Å². The van der Waals surface area contributed by atoms with E-state index in [4.69, 9.17) is 28.4 Å². The minimum absolute atomic E-state index is 0.00578. The van der Waals surface area contributed by atoms with E-state index in [9.17, 15) is 60.7 Å². The Hall–Kier alpha value is -9.64. The van der Waals surface area contributed by atoms with Gasteiger partial charge in [0.05, 0.1) is 50.9 Å². The van der Waals surface area contributed by atoms with Crippen LogP contribution in [-0.2, 0) is 38.5 Å². The summed E-state index contributed by atoms with van der Waals surface area (Å²) < 4.78 is 38.1. The highest BCUT2D eigenvalue weighted by Gasteiger charge is 2.31. The largest absolute Gasteiger partial charge is 0.496 e. The third-order valence-electron chi connectivity index (χ3n) is 14.9. The predicted octanol–water partition coefficient (Wildman–Crippen LogP) is 7.25. The van der Waals surface area contributed by atoms with Crippen LogP contribution in [0.4, 0.5) is 34.1 Å². The van der Waals surface area contributed by atoms with E-state index in [0.29, 0.717) is 39.3 Å². The lowest BCUT2D eigenvalue weighted by Gasteiger charge is -2.24. The zero-order valence-corrected chi connectivity index (χ0v) is 46.6. The molecule has 0 amide bonds. The first kappa shape index (κ1) is 60.0. The van der Waals surface area contributed by atoms with Gasteiger partial charge in [-0.3, -0.25) is 65.6 Å². The smallest absolute Gasteiger partial charge is 0.270 e. The van der Waals surface area contributed by atoms with Crippen molar-refractivity contribution in [2.75, 3.05) is 100 Å². The van der Waals surface area contributed by atoms with Gasteiger partial charge in [0.15, 0.2) is 0 Å². The molecule has 3 heterocycles. The summed E-state index contributed by atoms with van der Waals surface area (Å²) in [6.07, 6.45) is -1.85. The lowest BCUT2D eigenvalue weighted by Crippen LogP contribution is -2.42. The zero-order chi connectivity index (χ0) is 60.5. The zero-order valence-electron chi connectivity index (χ0n) is 46.6. The number of hydrogen-bond donors (Lipinski definition) is 3. The van der Waals surface area contributed by atoms with Crippen LogP contribution in [0.1, 0.15) is 66.8 Å². The van der Waals surface area contributed by atoms with Crippen LogP contribution < -0.4 is 44.4 Å². The third kappa shape index (κ3) is 13.9. The summed E-state index contributed by atoms with van der Waals surface area (Å²) in [5, 5.41) is 88.1. The summed E-state index contributed by atoms with van der Waals surface area (Å²) in [4.78, 5) is 76.3. The van der Waals surface area contributed by atoms with Crippen LogP contribution in [0.15, 0.2) is 72.8 Å². The Morgan fingerprint density at radius 3 is 0.694 bits per heavy atom. The summed E-state index contributed by atoms with van der Waals surface area (Å²) in [7, 11) is 3.97. The molecule has 3 N–H and O–H groups in total. The van der Waals surface area contributed by atoms with E-state index in [1.54, 1.807) is 0 Å². The molecule has 0 unspecified atom stereocenters. The summed E-state index contributed by atoms with van der Waals surface area (Å²) in [6, 6.07) is 15.1. The first-order valence-corrected chi connectivity index (χ1v) is 27.1. The van der Waals surface area contributed by atoms with Gasteiger partial charge in [-0.05, 0) is 0 Å². The summed E-state index contributed by atoms with van der Waals surface area (Å²) >= 11 is 0. The van der Waals surface area contributed by atoms with E-state index in [0.717, 1.165) is 0 Å². The second-order valence-corrected chi connectivity index (χ2v) is 20.4. The molecule has 0 aromatic heterocycles. The van der Waals surface area contributed by atoms with Crippen LogP contribution in [-0.4, -0.2) is 134 Å². The van der Waals surface area contributed by atoms with Crippen molar-refractivity contribution in [3.05, 3.63) is 200 Å². The van der Waals surface area contributed by atoms with E-state index in [1.165, 1.54) is 94.1 Å². The Labute approximate surface area is 484 Å². The normalized spacial score (nSPS) is 15.3. The molecule has 0 radical (unpaired) electrons. The first-order valence-electron chi connectivity index (χ1n) is 27.1. The molecule has 0 aliphatic carbocycles. The molecule has 0 spiro atoms. The highest BCUT2D eigenvalue weighted by atomic mass is 16.6. The van der Waals surface area contributed by atoms with Crippen LogP contribution in [0.3, 0.4) is 0 Å². The third-order valence-corrected chi connectivity index (χ3v) is 14.9. The standard InChI is InChI=1S/C57H60N10O18/c1-80-52-34-16-40-28-49(65(74)75)30-42-18-36-24-47(63(70)71)26-38(53(36)81-2)20-44-32-51(67(78)79)33-45-21-39-27-48(64(72)73)25-37(54(39)82-3)19-43-31-50(66(76)77)29-41(17-35(52)23-46(22-34)62(68)69)56(43)84-14-8-59-5-11-61(10-4-58-7-13-83-55(40)42)12-6-60-9-15-85-57(44)45/h22-33,58-60H,4-21H2,1-3H3. The topological polar surface area (TPSA) is 354 Å². The lowest BCUT2D eigenvalue weighted by atomic mass is 9.90. The van der Waals surface area contributed by atoms with E-state index in [1.807, 2.05) is 0 Å². The molecule has 3 aliphatic heterocycles. The maximum Gasteiger partial charge on any atom is 0.270 e. The minimum atomic E-state index is -0.638. The fourth-order valence-corrected chi connectivity index (χ4v) is 11.3. The van der Waals surface area contributed by atoms with Crippen LogP contribution >= 0.6 is 0 Å². The Balaban J connectivity index is 1.42. The van der Waals surface area contributed by atoms with Gasteiger partial charge in [-0.1, -0.05) is 0 Å². The number of nitrogens with one attached hydrogen (secondary N) is 3. The van der Waals surface area contributed by atoms with Crippen molar-refractivity contribution in [2.45, 2.75) is 38.5 Å². The summed E-state index contributed by atoms with van der Waals surface area (Å²) in [5.74, 6) is 0.533. The fraction of sp³-hybridized carbons (Fsp3) is 0.368. The molecule has 9 rings (SSSR count). The Morgan fingerprint density at radius 1 is 0.329 bits per heavy atom. The van der Waals surface area contributed by atoms with Crippen LogP contribution in [0.25, 0.3) is 0 Å². The van der Waals surface area contributed by atoms with Crippen molar-refractivity contribution in [1.82, 2.24) is 20.9 Å². The molecule has 3 aliphatic rings. The second kappa shape index (κ2) is 26.7. The quantitative estimate of drug-likeness (QED) is 0.0945. The van der Waals surface area contributed by atoms with Crippen molar-refractivity contribution in [3.8, 4) is 34.5 Å². The van der Waals surface area contributed by atoms with E-state index >= 15 is 0 Å². The van der Waals surface area contributed by atoms with Gasteiger partial charge >= 0.3 is 0 Å². The molecule has 6 aromatic carbocycles. The summed E-state index contributed by atoms with van der Waals surface area (Å²) in [6.45, 7) is 4.00. The number of methoxy groups -OCH3 is 3. The number of rotatable bonds is 9. The predicted molar refractivity (Wildman–Crippen MR) is 307 cm³/mol. The highest BCUT2D eigenvalue weighted by molar-refractivity contribution is 5.64. The van der Waals surface area contributed by atoms with Crippen molar-refractivity contribution < 1.29 is 58.0 Å². The van der Waals surface area contributed by atoms with E-state index < -0.39 is 63.7 Å². The van der Waals surface area contributed by atoms with Crippen LogP contribution in [0, 0.1) is 60.7 Å². The second-order valence-electron chi connectivity index (χ2n) is 20.4. The van der Waals surface area contributed by atoms with Crippen LogP contribution in [0.5, 0.6) is 34.5 Å². The molecule has 85 heavy (non-hydrogen) atoms. The molecule has 0 saturated carbocycles. The molecular formula is C57H60N10O18. The number of hydrogen-bond acceptors (Lipinski definition) is 22. The molecule has 10 bridgehead atoms. The van der Waals surface area contributed by atoms with E-state index in [2.05, 4.69) is 20.9 Å². The molecule has 28 heteroatoms. The fourth-order valence-electron chi connectivity index (χ4n) is 11.3. The molecule has 6 aromatic rings. The van der Waals surface area contributed by atoms with Crippen LogP contribution in [0.2, 0.25) is 0 Å². The number of benzene rings is 6. The average Bonchev–Trinajstić information content (AvgIpc) is 2.47. The van der Waals surface area contributed by atoms with Gasteiger partial charge in [0.25, 0.3) is 34.1 Å². The highest BCUT2D eigenvalue weighted by Crippen LogP contribution is 2.45. The van der Waals surface area contributed by atoms with Crippen molar-refractivity contribution in [3.63, 3.8) is 0 Å². The molecule has 446 valence electrons. The minimum Gasteiger partial charge on any atom is -0.496 e. The monoisotopic (exact) mass is 1170 g/mol. The van der Waals surface area contributed by atoms with Gasteiger partial charge in [0, 0.05) is 237 Å². The Bertz CT molecular complexity index is 3100. The maximum absolute atomic E-state index is 13.0. The van der Waals surface area contributed by atoms with Crippen molar-refractivity contribution in [1.29, 1.82) is 0 Å². The SMILES string of the molecule is COc1c2cc([N+](=O)[O-])cc1Cc1cc([N+](=O)[O-])cc3c1OCCNCCN1CCNCCOc4c(cc([N+](=O)[O-])cc4Cc4cc([N+](=O)[O-])cc(c4OC)Cc4cc([N+](=O)[O-])cc(c4OCCNCC1)Cc1cc([N+](=O)[O-])cc(c1OC)C3)C2. The number of nitro groups is 6. The van der Waals surface area contributed by atoms with E-state index in [-0.39, 0.29) is 179 Å². The number of nitro benzene ring substituents is 6. The molecule has 0 atom stereocenters. The first-order chi connectivity index (χ1) is 40.9. The molecule has 28 nitrogen and oxygen atoms in total. The summed E-state index contributed by atoms with van der Waals surface area (Å²) in [5.41, 5.74) is -0.722. The number of ether oxygens (including phenoxy) is 6.